The molecule has 38 heavy (non-hydrogen) atoms. The van der Waals surface area contributed by atoms with Crippen LogP contribution in [0, 0.1) is 5.82 Å². The molecule has 3 heterocycles. The number of morpholine rings is 1. The maximum Gasteiger partial charge on any atom is 0.247 e. The number of methoxy groups -OCH3 is 1. The molecular formula is C27H29FN6O4. The summed E-state index contributed by atoms with van der Waals surface area (Å²) >= 11 is 0. The first-order valence-corrected chi connectivity index (χ1v) is 12.3. The van der Waals surface area contributed by atoms with Crippen molar-refractivity contribution in [2.75, 3.05) is 60.6 Å². The summed E-state index contributed by atoms with van der Waals surface area (Å²) in [6.07, 6.45) is 3.35. The summed E-state index contributed by atoms with van der Waals surface area (Å²) in [6, 6.07) is 11.7. The van der Waals surface area contributed by atoms with Gasteiger partial charge in [-0.1, -0.05) is 18.7 Å². The Morgan fingerprint density at radius 1 is 1.16 bits per heavy atom. The minimum Gasteiger partial charge on any atom is -0.494 e. The van der Waals surface area contributed by atoms with Gasteiger partial charge >= 0.3 is 0 Å². The SMILES string of the molecule is C=CC(=O)Nc1cc(Nc2cc(N3OCC[C@@H]3c3cccc(F)c3)ncn2)c(OC)cc1N1CCOCC1. The fraction of sp³-hybridized carbons (Fsp3) is 0.296. The second-order valence-electron chi connectivity index (χ2n) is 8.77. The van der Waals surface area contributed by atoms with Crippen LogP contribution in [0.5, 0.6) is 5.75 Å². The Morgan fingerprint density at radius 3 is 2.76 bits per heavy atom. The van der Waals surface area contributed by atoms with Crippen LogP contribution >= 0.6 is 0 Å². The molecule has 2 N–H and O–H groups in total. The van der Waals surface area contributed by atoms with Crippen molar-refractivity contribution < 1.29 is 23.5 Å². The quantitative estimate of drug-likeness (QED) is 0.423. The lowest BCUT2D eigenvalue weighted by Gasteiger charge is -2.31. The summed E-state index contributed by atoms with van der Waals surface area (Å²) in [7, 11) is 1.58. The number of nitrogens with zero attached hydrogens (tertiary/aromatic N) is 4. The Hall–Kier alpha value is -4.22. The van der Waals surface area contributed by atoms with E-state index in [2.05, 4.69) is 32.1 Å². The lowest BCUT2D eigenvalue weighted by atomic mass is 10.0. The van der Waals surface area contributed by atoms with E-state index in [9.17, 15) is 9.18 Å². The van der Waals surface area contributed by atoms with E-state index in [1.165, 1.54) is 24.5 Å². The minimum atomic E-state index is -0.325. The largest absolute Gasteiger partial charge is 0.494 e. The molecule has 1 aromatic heterocycles. The Bertz CT molecular complexity index is 1320. The molecule has 0 bridgehead atoms. The van der Waals surface area contributed by atoms with E-state index in [-0.39, 0.29) is 17.8 Å². The number of carbonyl (C=O) groups is 1. The number of aromatic nitrogens is 2. The van der Waals surface area contributed by atoms with Crippen LogP contribution < -0.4 is 25.3 Å². The molecule has 0 radical (unpaired) electrons. The number of hydroxylamine groups is 1. The van der Waals surface area contributed by atoms with Crippen molar-refractivity contribution >= 4 is 34.6 Å². The average Bonchev–Trinajstić information content (AvgIpc) is 3.44. The third-order valence-corrected chi connectivity index (χ3v) is 6.39. The molecule has 0 unspecified atom stereocenters. The second kappa shape index (κ2) is 11.4. The summed E-state index contributed by atoms with van der Waals surface area (Å²) in [5.74, 6) is 0.958. The lowest BCUT2D eigenvalue weighted by molar-refractivity contribution is -0.111. The highest BCUT2D eigenvalue weighted by molar-refractivity contribution is 6.02. The molecule has 0 spiro atoms. The predicted octanol–water partition coefficient (Wildman–Crippen LogP) is 4.21. The van der Waals surface area contributed by atoms with Crippen LogP contribution in [-0.4, -0.2) is 55.9 Å². The van der Waals surface area contributed by atoms with Gasteiger partial charge in [-0.25, -0.2) is 19.4 Å². The molecule has 0 aliphatic carbocycles. The van der Waals surface area contributed by atoms with Crippen LogP contribution in [0.1, 0.15) is 18.0 Å². The third kappa shape index (κ3) is 5.53. The summed E-state index contributed by atoms with van der Waals surface area (Å²) < 4.78 is 25.0. The Kier molecular flexibility index (Phi) is 7.66. The number of hydrogen-bond acceptors (Lipinski definition) is 9. The minimum absolute atomic E-state index is 0.184. The van der Waals surface area contributed by atoms with Crippen molar-refractivity contribution in [2.24, 2.45) is 0 Å². The number of halogens is 1. The monoisotopic (exact) mass is 520 g/mol. The molecular weight excluding hydrogens is 491 g/mol. The van der Waals surface area contributed by atoms with Gasteiger partial charge in [0.15, 0.2) is 5.82 Å². The van der Waals surface area contributed by atoms with Crippen LogP contribution in [0.4, 0.5) is 33.1 Å². The smallest absolute Gasteiger partial charge is 0.247 e. The number of anilines is 5. The maximum absolute atomic E-state index is 13.9. The van der Waals surface area contributed by atoms with Gasteiger partial charge in [-0.15, -0.1) is 0 Å². The van der Waals surface area contributed by atoms with Gasteiger partial charge in [-0.05, 0) is 29.8 Å². The highest BCUT2D eigenvalue weighted by Gasteiger charge is 2.29. The van der Waals surface area contributed by atoms with Crippen molar-refractivity contribution in [3.63, 3.8) is 0 Å². The molecule has 2 fully saturated rings. The van der Waals surface area contributed by atoms with E-state index in [0.717, 1.165) is 11.3 Å². The maximum atomic E-state index is 13.9. The molecule has 2 aromatic carbocycles. The zero-order valence-electron chi connectivity index (χ0n) is 21.0. The van der Waals surface area contributed by atoms with Gasteiger partial charge in [-0.2, -0.15) is 0 Å². The lowest BCUT2D eigenvalue weighted by Crippen LogP contribution is -2.36. The molecule has 2 saturated heterocycles. The van der Waals surface area contributed by atoms with Crippen LogP contribution in [0.3, 0.4) is 0 Å². The summed E-state index contributed by atoms with van der Waals surface area (Å²) in [4.78, 5) is 28.9. The van der Waals surface area contributed by atoms with Crippen LogP contribution in [0.2, 0.25) is 0 Å². The number of ether oxygens (including phenoxy) is 2. The fourth-order valence-electron chi connectivity index (χ4n) is 4.57. The van der Waals surface area contributed by atoms with E-state index >= 15 is 0 Å². The summed E-state index contributed by atoms with van der Waals surface area (Å²) in [5, 5.41) is 7.84. The van der Waals surface area contributed by atoms with Crippen LogP contribution in [0.15, 0.2) is 61.4 Å². The molecule has 2 aliphatic heterocycles. The fourth-order valence-corrected chi connectivity index (χ4v) is 4.57. The van der Waals surface area contributed by atoms with Crippen molar-refractivity contribution in [1.29, 1.82) is 0 Å². The molecule has 10 nitrogen and oxygen atoms in total. The van der Waals surface area contributed by atoms with E-state index in [4.69, 9.17) is 14.3 Å². The van der Waals surface area contributed by atoms with Crippen molar-refractivity contribution in [3.05, 3.63) is 72.8 Å². The number of carbonyl (C=O) groups excluding carboxylic acids is 1. The second-order valence-corrected chi connectivity index (χ2v) is 8.77. The molecule has 11 heteroatoms. The van der Waals surface area contributed by atoms with Gasteiger partial charge in [0.1, 0.15) is 23.7 Å². The van der Waals surface area contributed by atoms with Gasteiger partial charge in [0.25, 0.3) is 0 Å². The van der Waals surface area contributed by atoms with E-state index in [0.29, 0.717) is 68.1 Å². The molecule has 5 rings (SSSR count). The van der Waals surface area contributed by atoms with Crippen molar-refractivity contribution in [2.45, 2.75) is 12.5 Å². The van der Waals surface area contributed by atoms with Crippen molar-refractivity contribution in [1.82, 2.24) is 9.97 Å². The predicted molar refractivity (Wildman–Crippen MR) is 142 cm³/mol. The Morgan fingerprint density at radius 2 is 2.00 bits per heavy atom. The van der Waals surface area contributed by atoms with Gasteiger partial charge in [0.2, 0.25) is 5.91 Å². The highest BCUT2D eigenvalue weighted by Crippen LogP contribution is 2.40. The van der Waals surface area contributed by atoms with Gasteiger partial charge in [-0.3, -0.25) is 9.63 Å². The summed E-state index contributed by atoms with van der Waals surface area (Å²) in [5.41, 5.74) is 2.82. The van der Waals surface area contributed by atoms with E-state index in [1.54, 1.807) is 30.4 Å². The van der Waals surface area contributed by atoms with E-state index < -0.39 is 0 Å². The first-order valence-electron chi connectivity index (χ1n) is 12.3. The molecule has 3 aromatic rings. The number of rotatable bonds is 8. The number of hydrogen-bond donors (Lipinski definition) is 2. The molecule has 2 aliphatic rings. The topological polar surface area (TPSA) is 101 Å². The molecule has 1 atom stereocenters. The van der Waals surface area contributed by atoms with Gasteiger partial charge < -0.3 is 25.0 Å². The first-order chi connectivity index (χ1) is 18.6. The van der Waals surface area contributed by atoms with Crippen molar-refractivity contribution in [3.8, 4) is 5.75 Å². The first kappa shape index (κ1) is 25.4. The molecule has 1 amide bonds. The standard InChI is InChI=1S/C27H29FN6O4/c1-3-27(35)32-20-14-21(24(36-2)15-23(20)33-8-11-37-12-9-33)31-25-16-26(30-17-29-25)34-22(7-10-38-34)18-5-4-6-19(28)13-18/h3-6,13-17,22H,1,7-12H2,2H3,(H,32,35)(H,29,30,31)/t22-/m1/s1. The van der Waals surface area contributed by atoms with E-state index in [1.807, 2.05) is 12.1 Å². The Balaban J connectivity index is 1.44. The number of amides is 1. The number of benzene rings is 2. The zero-order chi connectivity index (χ0) is 26.5. The van der Waals surface area contributed by atoms with Crippen LogP contribution in [-0.2, 0) is 14.4 Å². The van der Waals surface area contributed by atoms with Gasteiger partial charge in [0.05, 0.1) is 50.0 Å². The van der Waals surface area contributed by atoms with Crippen LogP contribution in [0.25, 0.3) is 0 Å². The number of nitrogens with one attached hydrogen (secondary N) is 2. The molecule has 198 valence electrons. The zero-order valence-corrected chi connectivity index (χ0v) is 21.0. The average molecular weight is 521 g/mol. The Labute approximate surface area is 220 Å². The summed E-state index contributed by atoms with van der Waals surface area (Å²) in [6.45, 7) is 6.60. The molecule has 0 saturated carbocycles. The third-order valence-electron chi connectivity index (χ3n) is 6.39. The normalized spacial score (nSPS) is 17.3. The highest BCUT2D eigenvalue weighted by atomic mass is 19.1. The van der Waals surface area contributed by atoms with Gasteiger partial charge in [0, 0.05) is 31.6 Å².